The van der Waals surface area contributed by atoms with Crippen molar-refractivity contribution in [3.8, 4) is 55.6 Å². The highest BCUT2D eigenvalue weighted by Crippen LogP contribution is 2.47. The van der Waals surface area contributed by atoms with Gasteiger partial charge >= 0.3 is 7.12 Å². The van der Waals surface area contributed by atoms with E-state index in [4.69, 9.17) is 4.98 Å². The van der Waals surface area contributed by atoms with E-state index in [1.807, 2.05) is 121 Å². The average Bonchev–Trinajstić information content (AvgIpc) is 0.752. The zero-order valence-corrected chi connectivity index (χ0v) is 70.1. The van der Waals surface area contributed by atoms with Crippen molar-refractivity contribution < 1.29 is 10.0 Å². The first-order chi connectivity index (χ1) is 56.8. The van der Waals surface area contributed by atoms with Crippen LogP contribution >= 0.6 is 54.5 Å². The number of benzene rings is 17. The summed E-state index contributed by atoms with van der Waals surface area (Å²) in [6, 6.07) is 141. The van der Waals surface area contributed by atoms with Gasteiger partial charge in [0.05, 0.1) is 0 Å². The van der Waals surface area contributed by atoms with Crippen molar-refractivity contribution in [2.75, 3.05) is 10.2 Å². The van der Waals surface area contributed by atoms with E-state index in [-0.39, 0.29) is 0 Å². The summed E-state index contributed by atoms with van der Waals surface area (Å²) in [7, 11) is -1.50. The van der Waals surface area contributed by atoms with Crippen molar-refractivity contribution in [3.05, 3.63) is 430 Å². The van der Waals surface area contributed by atoms with E-state index < -0.39 is 7.12 Å². The van der Waals surface area contributed by atoms with Crippen LogP contribution in [0.3, 0.4) is 0 Å². The number of rotatable bonds is 13. The lowest BCUT2D eigenvalue weighted by Crippen LogP contribution is -2.31. The number of nitrogens with zero attached hydrogens (tertiary/aromatic N) is 3. The number of para-hydroxylation sites is 2. The van der Waals surface area contributed by atoms with Gasteiger partial charge in [0.15, 0.2) is 0 Å². The van der Waals surface area contributed by atoms with Gasteiger partial charge in [-0.25, -0.2) is 9.97 Å². The van der Waals surface area contributed by atoms with Gasteiger partial charge in [0.1, 0.15) is 11.6 Å². The van der Waals surface area contributed by atoms with Gasteiger partial charge in [0.2, 0.25) is 0 Å². The predicted molar refractivity (Wildman–Crippen MR) is 511 cm³/mol. The molecule has 0 atom stereocenters. The van der Waals surface area contributed by atoms with Crippen LogP contribution in [0.2, 0.25) is 0 Å². The molecule has 2 aromatic heterocycles. The first kappa shape index (κ1) is 79.1. The number of halogens is 3. The Hall–Kier alpha value is -12.1. The van der Waals surface area contributed by atoms with E-state index in [9.17, 15) is 10.0 Å². The molecule has 0 aliphatic heterocycles. The third-order valence-corrected chi connectivity index (χ3v) is 22.4. The van der Waals surface area contributed by atoms with Gasteiger partial charge in [-0.15, -0.1) is 0 Å². The molecule has 0 amide bonds. The van der Waals surface area contributed by atoms with Gasteiger partial charge in [-0.3, -0.25) is 4.90 Å². The van der Waals surface area contributed by atoms with Crippen LogP contribution in [0, 0.1) is 3.57 Å². The van der Waals surface area contributed by atoms with Crippen molar-refractivity contribution in [1.29, 1.82) is 0 Å². The topological polar surface area (TPSA) is 81.5 Å². The van der Waals surface area contributed by atoms with Crippen molar-refractivity contribution in [2.24, 2.45) is 0 Å². The summed E-state index contributed by atoms with van der Waals surface area (Å²) >= 11 is 9.18. The molecule has 10 heteroatoms. The van der Waals surface area contributed by atoms with Crippen LogP contribution in [0.15, 0.2) is 415 Å². The molecule has 0 spiro atoms. The van der Waals surface area contributed by atoms with Crippen LogP contribution in [-0.4, -0.2) is 27.1 Å². The molecule has 19 aromatic rings. The molecule has 0 aliphatic carbocycles. The van der Waals surface area contributed by atoms with Crippen molar-refractivity contribution in [3.63, 3.8) is 0 Å². The average molecular weight is 1740 g/mol. The van der Waals surface area contributed by atoms with E-state index in [0.717, 1.165) is 81.7 Å². The lowest BCUT2D eigenvalue weighted by atomic mass is 9.72. The molecular formula is C106H84BBr2IN4O2. The molecule has 0 aliphatic rings. The SMILES string of the molecule is Brc1ccc(-c2c3ccccc3c(-c3ccccc3)c3ccccc23)cc1.Brc1ccc(I)cc1.CC(C)c1cccc(N(c2ccccc2)c2ccc(-c3c4ccccc4c(-c4ccccc4)c4ccccc34)cc2)n1.CC(C)c1cccc(Nc2ccccc2)n1.OB(O)c1c2ccccc2c(-c2ccccc2)c2ccccc12. The van der Waals surface area contributed by atoms with E-state index in [1.165, 1.54) is 91.2 Å². The van der Waals surface area contributed by atoms with Gasteiger partial charge in [-0.2, -0.15) is 0 Å². The Labute approximate surface area is 710 Å². The smallest absolute Gasteiger partial charge is 0.423 e. The molecule has 0 bridgehead atoms. The van der Waals surface area contributed by atoms with Crippen molar-refractivity contribution in [2.45, 2.75) is 39.5 Å². The van der Waals surface area contributed by atoms with Gasteiger partial charge in [-0.1, -0.05) is 369 Å². The van der Waals surface area contributed by atoms with Gasteiger partial charge < -0.3 is 15.4 Å². The standard InChI is InChI=1S/C40H32N2.C26H17Br.C20H15BO2.C14H16N2.C6H4BrI/c1-28(2)37-22-13-23-38(41-37)42(31-16-7-4-8-17-31)32-26-24-30(25-27-32)40-35-20-11-9-18-33(35)39(29-14-5-3-6-15-29)34-19-10-12-21-36(34)40;27-20-16-14-19(15-17-20)26-23-12-6-4-10-21(23)25(18-8-2-1-3-9-18)22-11-5-7-13-24(22)26;22-21(23)20-17-12-6-4-10-15(17)19(14-8-2-1-3-9-14)16-11-5-7-13-18(16)20;1-11(2)13-9-6-10-14(16-13)15-12-7-4-3-5-8-12;7-5-1-3-6(8)4-2-5/h3-28H,1-2H3;1-17H;1-13,22-23H;3-11H,1-2H3,(H,15,16);1-4H. The fraction of sp³-hybridized carbons (Fsp3) is 0.0566. The molecule has 6 nitrogen and oxygen atoms in total. The maximum absolute atomic E-state index is 9.94. The molecule has 19 rings (SSSR count). The maximum atomic E-state index is 9.94. The first-order valence-corrected chi connectivity index (χ1v) is 41.7. The largest absolute Gasteiger partial charge is 0.489 e. The summed E-state index contributed by atoms with van der Waals surface area (Å²) in [5, 5.41) is 37.2. The zero-order valence-electron chi connectivity index (χ0n) is 64.8. The van der Waals surface area contributed by atoms with Crippen molar-refractivity contribution >= 4 is 160 Å². The van der Waals surface area contributed by atoms with Crippen LogP contribution in [0.5, 0.6) is 0 Å². The molecule has 0 saturated carbocycles. The Kier molecular flexibility index (Phi) is 25.5. The van der Waals surface area contributed by atoms with Crippen LogP contribution in [0.4, 0.5) is 28.7 Å². The Morgan fingerprint density at radius 1 is 0.284 bits per heavy atom. The second kappa shape index (κ2) is 37.4. The number of fused-ring (bicyclic) bond motifs is 6. The minimum Gasteiger partial charge on any atom is -0.423 e. The number of aromatic nitrogens is 2. The second-order valence-electron chi connectivity index (χ2n) is 28.9. The third-order valence-electron chi connectivity index (χ3n) is 20.6. The van der Waals surface area contributed by atoms with Crippen molar-refractivity contribution in [1.82, 2.24) is 9.97 Å². The molecule has 3 N–H and O–H groups in total. The van der Waals surface area contributed by atoms with Crippen LogP contribution < -0.4 is 15.7 Å². The van der Waals surface area contributed by atoms with Gasteiger partial charge in [0.25, 0.3) is 0 Å². The molecular weight excluding hydrogens is 1660 g/mol. The Morgan fingerprint density at radius 2 is 0.560 bits per heavy atom. The molecule has 0 fully saturated rings. The van der Waals surface area contributed by atoms with E-state index in [0.29, 0.717) is 17.3 Å². The number of pyridine rings is 2. The lowest BCUT2D eigenvalue weighted by Gasteiger charge is -2.25. The Morgan fingerprint density at radius 3 is 0.905 bits per heavy atom. The summed E-state index contributed by atoms with van der Waals surface area (Å²) < 4.78 is 3.50. The van der Waals surface area contributed by atoms with E-state index in [2.05, 4.69) is 382 Å². The highest BCUT2D eigenvalue weighted by Gasteiger charge is 2.24. The Balaban J connectivity index is 0.000000124. The van der Waals surface area contributed by atoms with Crippen LogP contribution in [0.25, 0.3) is 120 Å². The summed E-state index contributed by atoms with van der Waals surface area (Å²) in [6.45, 7) is 8.67. The van der Waals surface area contributed by atoms with E-state index in [1.54, 1.807) is 0 Å². The molecule has 0 unspecified atom stereocenters. The highest BCUT2D eigenvalue weighted by molar-refractivity contribution is 14.1. The summed E-state index contributed by atoms with van der Waals surface area (Å²) in [6.07, 6.45) is 0. The molecule has 17 aromatic carbocycles. The number of anilines is 5. The monoisotopic (exact) mass is 1740 g/mol. The predicted octanol–water partition coefficient (Wildman–Crippen LogP) is 29.7. The first-order valence-electron chi connectivity index (χ1n) is 39.0. The van der Waals surface area contributed by atoms with Crippen LogP contribution in [0.1, 0.15) is 50.9 Å². The van der Waals surface area contributed by atoms with Gasteiger partial charge in [-0.05, 0) is 257 Å². The van der Waals surface area contributed by atoms with E-state index >= 15 is 0 Å². The highest BCUT2D eigenvalue weighted by atomic mass is 127. The molecule has 0 radical (unpaired) electrons. The molecule has 564 valence electrons. The normalized spacial score (nSPS) is 11.0. The third kappa shape index (κ3) is 18.0. The molecule has 2 heterocycles. The minimum atomic E-state index is -1.50. The van der Waals surface area contributed by atoms with Crippen LogP contribution in [-0.2, 0) is 0 Å². The number of hydrogen-bond acceptors (Lipinski definition) is 6. The zero-order chi connectivity index (χ0) is 79.9. The second-order valence-corrected chi connectivity index (χ2v) is 31.9. The summed E-state index contributed by atoms with van der Waals surface area (Å²) in [5.41, 5.74) is 18.3. The summed E-state index contributed by atoms with van der Waals surface area (Å²) in [5.74, 6) is 2.63. The fourth-order valence-corrected chi connectivity index (χ4v) is 16.2. The fourth-order valence-electron chi connectivity index (χ4n) is 15.3. The number of hydrogen-bond donors (Lipinski definition) is 3. The quantitative estimate of drug-likeness (QED) is 0.0606. The Bertz CT molecular complexity index is 6350. The maximum Gasteiger partial charge on any atom is 0.489 e. The number of nitrogens with one attached hydrogen (secondary N) is 1. The molecule has 116 heavy (non-hydrogen) atoms. The minimum absolute atomic E-state index is 0.352. The van der Waals surface area contributed by atoms with Gasteiger partial charge in [0, 0.05) is 41.0 Å². The summed E-state index contributed by atoms with van der Waals surface area (Å²) in [4.78, 5) is 11.8. The lowest BCUT2D eigenvalue weighted by molar-refractivity contribution is 0.426. The molecule has 0 saturated heterocycles.